The van der Waals surface area contributed by atoms with Crippen molar-refractivity contribution in [1.29, 1.82) is 0 Å². The van der Waals surface area contributed by atoms with E-state index in [4.69, 9.17) is 35.0 Å². The zero-order valence-electron chi connectivity index (χ0n) is 25.0. The van der Waals surface area contributed by atoms with Crippen LogP contribution in [-0.4, -0.2) is 79.5 Å². The molecule has 1 fully saturated rings. The second-order valence-electron chi connectivity index (χ2n) is 10.6. The molecule has 0 N–H and O–H groups in total. The number of esters is 1. The van der Waals surface area contributed by atoms with Gasteiger partial charge in [0.2, 0.25) is 11.3 Å². The molecule has 38 heavy (non-hydrogen) atoms. The minimum Gasteiger partial charge on any atom is -0.457 e. The van der Waals surface area contributed by atoms with Gasteiger partial charge in [0, 0.05) is 5.92 Å². The molecule has 12 heteroatoms. The summed E-state index contributed by atoms with van der Waals surface area (Å²) in [5.41, 5.74) is -0.0357. The summed E-state index contributed by atoms with van der Waals surface area (Å²) in [6, 6.07) is -0.464. The van der Waals surface area contributed by atoms with E-state index in [2.05, 4.69) is 40.4 Å². The molecule has 0 aromatic rings. The summed E-state index contributed by atoms with van der Waals surface area (Å²) >= 11 is 7.15. The van der Waals surface area contributed by atoms with E-state index in [9.17, 15) is 9.59 Å². The highest BCUT2D eigenvalue weighted by molar-refractivity contribution is 8.22. The molecule has 1 heterocycles. The van der Waals surface area contributed by atoms with Crippen molar-refractivity contribution >= 4 is 61.4 Å². The van der Waals surface area contributed by atoms with Gasteiger partial charge in [-0.1, -0.05) is 52.6 Å². The van der Waals surface area contributed by atoms with Crippen LogP contribution in [0.4, 0.5) is 0 Å². The molecule has 220 valence electrons. The number of hydrogen-bond acceptors (Lipinski definition) is 9. The number of β-lactam (4-membered cyclic amide) rings is 1. The van der Waals surface area contributed by atoms with Crippen molar-refractivity contribution in [3.05, 3.63) is 12.7 Å². The van der Waals surface area contributed by atoms with Crippen LogP contribution in [0.5, 0.6) is 0 Å². The van der Waals surface area contributed by atoms with Gasteiger partial charge in [0.05, 0.1) is 42.1 Å². The lowest BCUT2D eigenvalue weighted by Gasteiger charge is -2.54. The number of amides is 1. The van der Waals surface area contributed by atoms with Crippen LogP contribution in [-0.2, 0) is 32.3 Å². The van der Waals surface area contributed by atoms with E-state index >= 15 is 0 Å². The zero-order chi connectivity index (χ0) is 29.5. The molecule has 1 amide bonds. The van der Waals surface area contributed by atoms with E-state index in [0.717, 1.165) is 4.20 Å². The van der Waals surface area contributed by atoms with Gasteiger partial charge in [-0.3, -0.25) is 9.69 Å². The van der Waals surface area contributed by atoms with Gasteiger partial charge in [0.25, 0.3) is 7.57 Å². The van der Waals surface area contributed by atoms with E-state index in [0.29, 0.717) is 0 Å². The number of hydrogen-bond donors (Lipinski definition) is 0. The first-order valence-electron chi connectivity index (χ1n) is 13.2. The molecule has 1 aliphatic heterocycles. The van der Waals surface area contributed by atoms with Gasteiger partial charge in [-0.25, -0.2) is 4.79 Å². The largest absolute Gasteiger partial charge is 0.457 e. The first kappa shape index (κ1) is 35.5. The van der Waals surface area contributed by atoms with Crippen LogP contribution in [0, 0.1) is 11.8 Å². The molecular weight excluding hydrogens is 561 g/mol. The van der Waals surface area contributed by atoms with E-state index in [1.165, 1.54) is 22.7 Å². The van der Waals surface area contributed by atoms with E-state index in [-0.39, 0.29) is 54.8 Å². The van der Waals surface area contributed by atoms with Crippen molar-refractivity contribution < 1.29 is 32.3 Å². The summed E-state index contributed by atoms with van der Waals surface area (Å²) in [7, 11) is -5.66. The van der Waals surface area contributed by atoms with Crippen molar-refractivity contribution in [2.45, 2.75) is 85.7 Å². The summed E-state index contributed by atoms with van der Waals surface area (Å²) in [6.07, 6.45) is 2.99. The summed E-state index contributed by atoms with van der Waals surface area (Å²) < 4.78 is 31.1. The number of carbonyl (C=O) groups excluding carboxylic acids is 2. The van der Waals surface area contributed by atoms with Crippen molar-refractivity contribution in [3.8, 4) is 0 Å². The molecule has 0 aromatic carbocycles. The highest BCUT2D eigenvalue weighted by Gasteiger charge is 2.59. The number of nitrogens with zero attached hydrogens (tertiary/aromatic N) is 1. The monoisotopic (exact) mass is 609 g/mol. The predicted octanol–water partition coefficient (Wildman–Crippen LogP) is 6.28. The Morgan fingerprint density at radius 1 is 1.16 bits per heavy atom. The lowest BCUT2D eigenvalue weighted by molar-refractivity contribution is -0.158. The Balaban J connectivity index is 3.85. The minimum absolute atomic E-state index is 0.0329. The van der Waals surface area contributed by atoms with Crippen LogP contribution < -0.4 is 0 Å². The number of carbonyl (C=O) groups is 2. The van der Waals surface area contributed by atoms with Crippen molar-refractivity contribution in [3.63, 3.8) is 0 Å². The first-order valence-corrected chi connectivity index (χ1v) is 19.3. The summed E-state index contributed by atoms with van der Waals surface area (Å²) in [5.74, 6) is -1.74. The lowest BCUT2D eigenvalue weighted by atomic mass is 9.77. The number of thiocarbonyl (C=S) groups is 1. The maximum absolute atomic E-state index is 14.1. The molecule has 1 saturated heterocycles. The first-order chi connectivity index (χ1) is 17.6. The molecule has 0 radical (unpaired) electrons. The molecule has 0 spiro atoms. The van der Waals surface area contributed by atoms with Gasteiger partial charge in [-0.05, 0) is 52.1 Å². The van der Waals surface area contributed by atoms with Crippen LogP contribution in [0.25, 0.3) is 0 Å². The third kappa shape index (κ3) is 7.81. The quantitative estimate of drug-likeness (QED) is 0.0532. The van der Waals surface area contributed by atoms with Gasteiger partial charge >= 0.3 is 5.97 Å². The average molecular weight is 610 g/mol. The molecule has 0 saturated carbocycles. The topological polar surface area (TPSA) is 83.5 Å². The van der Waals surface area contributed by atoms with Gasteiger partial charge in [0.1, 0.15) is 6.61 Å². The number of likely N-dealkylation sites (tertiary alicyclic amines) is 1. The normalized spacial score (nSPS) is 20.0. The van der Waals surface area contributed by atoms with E-state index < -0.39 is 33.8 Å². The Kier molecular flexibility index (Phi) is 13.9. The van der Waals surface area contributed by atoms with E-state index in [1.807, 2.05) is 20.1 Å². The molecular formula is C26H48NO7PS2Si. The Morgan fingerprint density at radius 2 is 1.66 bits per heavy atom. The van der Waals surface area contributed by atoms with Gasteiger partial charge in [-0.2, -0.15) is 0 Å². The maximum Gasteiger partial charge on any atom is 0.362 e. The van der Waals surface area contributed by atoms with Crippen molar-refractivity contribution in [1.82, 2.24) is 4.90 Å². The molecule has 8 nitrogen and oxygen atoms in total. The lowest BCUT2D eigenvalue weighted by Crippen LogP contribution is -2.71. The van der Waals surface area contributed by atoms with Crippen LogP contribution in [0.15, 0.2) is 12.7 Å². The molecule has 0 aromatic heterocycles. The van der Waals surface area contributed by atoms with Gasteiger partial charge in [0.15, 0.2) is 8.32 Å². The SMILES string of the molecule is C=CCOC(=O)C(N1C(=O)[C@H]([C@@H](C)O[Si](C)(C)C(C)(C)C)[C@H]1[C@@H](C)C(=S)SC)=P(OCC)(OCC)OCC. The Bertz CT molecular complexity index is 898. The summed E-state index contributed by atoms with van der Waals surface area (Å²) in [4.78, 5) is 29.1. The second kappa shape index (κ2) is 14.9. The third-order valence-electron chi connectivity index (χ3n) is 6.97. The average Bonchev–Trinajstić information content (AvgIpc) is 2.82. The van der Waals surface area contributed by atoms with Crippen molar-refractivity contribution in [2.75, 3.05) is 32.7 Å². The van der Waals surface area contributed by atoms with Crippen LogP contribution in [0.3, 0.4) is 0 Å². The van der Waals surface area contributed by atoms with Crippen LogP contribution >= 0.6 is 31.5 Å². The van der Waals surface area contributed by atoms with Crippen LogP contribution in [0.2, 0.25) is 18.1 Å². The molecule has 0 bridgehead atoms. The summed E-state index contributed by atoms with van der Waals surface area (Å²) in [5, 5.41) is -0.0329. The molecule has 4 atom stereocenters. The number of thioether (sulfide) groups is 1. The minimum atomic E-state index is -3.47. The Morgan fingerprint density at radius 3 is 2.05 bits per heavy atom. The fourth-order valence-corrected chi connectivity index (χ4v) is 8.65. The Labute approximate surface area is 240 Å². The standard InChI is InChI=1S/C26H48NO7PS2Si/c1-13-17-30-24(29)23(35(31-14-2,32-15-3)33-16-4)27-21(18(5)25(36)37-10)20(22(27)28)19(6)34-38(11,12)26(7,8)9/h13,18-21H,1,14-17H2,2-12H3/t18-,19-,20-,21-/m1/s1. The smallest absolute Gasteiger partial charge is 0.362 e. The van der Waals surface area contributed by atoms with Gasteiger partial charge in [-0.15, -0.1) is 11.8 Å². The number of rotatable bonds is 15. The molecule has 0 unspecified atom stereocenters. The van der Waals surface area contributed by atoms with Crippen molar-refractivity contribution in [2.24, 2.45) is 11.8 Å². The Hall–Kier alpha value is -0.523. The molecule has 1 aliphatic rings. The predicted molar refractivity (Wildman–Crippen MR) is 165 cm³/mol. The zero-order valence-corrected chi connectivity index (χ0v) is 28.5. The fourth-order valence-electron chi connectivity index (χ4n) is 4.18. The second-order valence-corrected chi connectivity index (χ2v) is 19.1. The highest BCUT2D eigenvalue weighted by atomic mass is 32.2. The maximum atomic E-state index is 14.1. The highest BCUT2D eigenvalue weighted by Crippen LogP contribution is 2.56. The third-order valence-corrected chi connectivity index (χ3v) is 15.9. The summed E-state index contributed by atoms with van der Waals surface area (Å²) in [6.45, 7) is 24.3. The van der Waals surface area contributed by atoms with Gasteiger partial charge < -0.3 is 22.7 Å². The van der Waals surface area contributed by atoms with E-state index in [1.54, 1.807) is 20.8 Å². The number of ether oxygens (including phenoxy) is 1. The molecule has 0 aliphatic carbocycles. The van der Waals surface area contributed by atoms with Crippen LogP contribution in [0.1, 0.15) is 55.4 Å². The molecule has 1 rings (SSSR count). The fraction of sp³-hybridized carbons (Fsp3) is 0.769.